The standard InChI is InChI=1S/C23H17N3OS/c27-21-15-28-23(26(21)14-16-8-2-1-3-9-16)25-22-17-10-4-6-12-19(17)24-20-13-7-5-11-18(20)22/h1-13H,14-15H2. The van der Waals surface area contributed by atoms with E-state index in [1.54, 1.807) is 4.90 Å². The Bertz CT molecular complexity index is 1170. The van der Waals surface area contributed by atoms with Gasteiger partial charge >= 0.3 is 0 Å². The normalized spacial score (nSPS) is 15.8. The van der Waals surface area contributed by atoms with Crippen LogP contribution in [0.2, 0.25) is 0 Å². The Hall–Kier alpha value is -3.18. The number of carbonyl (C=O) groups is 1. The Morgan fingerprint density at radius 1 is 0.857 bits per heavy atom. The minimum Gasteiger partial charge on any atom is -0.286 e. The molecule has 0 bridgehead atoms. The van der Waals surface area contributed by atoms with Gasteiger partial charge in [0.05, 0.1) is 29.0 Å². The highest BCUT2D eigenvalue weighted by Gasteiger charge is 2.28. The van der Waals surface area contributed by atoms with Crippen molar-refractivity contribution in [2.75, 3.05) is 5.75 Å². The number of amides is 1. The van der Waals surface area contributed by atoms with Crippen molar-refractivity contribution in [3.63, 3.8) is 0 Å². The smallest absolute Gasteiger partial charge is 0.239 e. The summed E-state index contributed by atoms with van der Waals surface area (Å²) in [5, 5.41) is 2.73. The van der Waals surface area contributed by atoms with Crippen LogP contribution < -0.4 is 0 Å². The summed E-state index contributed by atoms with van der Waals surface area (Å²) in [5.74, 6) is 0.516. The van der Waals surface area contributed by atoms with Gasteiger partial charge in [0.25, 0.3) is 0 Å². The van der Waals surface area contributed by atoms with Crippen LogP contribution in [0.25, 0.3) is 21.8 Å². The van der Waals surface area contributed by atoms with Gasteiger partial charge in [-0.15, -0.1) is 0 Å². The van der Waals surface area contributed by atoms with Gasteiger partial charge in [0.15, 0.2) is 5.17 Å². The van der Waals surface area contributed by atoms with E-state index in [-0.39, 0.29) is 5.91 Å². The number of fused-ring (bicyclic) bond motifs is 2. The lowest BCUT2D eigenvalue weighted by Crippen LogP contribution is -2.28. The Kier molecular flexibility index (Phi) is 4.29. The van der Waals surface area contributed by atoms with Gasteiger partial charge in [0.2, 0.25) is 5.91 Å². The van der Waals surface area contributed by atoms with E-state index in [0.717, 1.165) is 38.2 Å². The maximum Gasteiger partial charge on any atom is 0.239 e. The SMILES string of the molecule is O=C1CSC(=Nc2c3ccccc3nc3ccccc23)N1Cc1ccccc1. The number of hydrogen-bond donors (Lipinski definition) is 0. The molecule has 1 amide bonds. The molecule has 0 saturated carbocycles. The summed E-state index contributed by atoms with van der Waals surface area (Å²) in [5.41, 5.74) is 3.78. The largest absolute Gasteiger partial charge is 0.286 e. The van der Waals surface area contributed by atoms with E-state index in [2.05, 4.69) is 0 Å². The van der Waals surface area contributed by atoms with E-state index in [0.29, 0.717) is 12.3 Å². The van der Waals surface area contributed by atoms with Crippen LogP contribution in [0.5, 0.6) is 0 Å². The number of carbonyl (C=O) groups excluding carboxylic acids is 1. The number of para-hydroxylation sites is 2. The Labute approximate surface area is 166 Å². The first kappa shape index (κ1) is 17.0. The third-order valence-electron chi connectivity index (χ3n) is 4.81. The highest BCUT2D eigenvalue weighted by Crippen LogP contribution is 2.35. The number of aliphatic imine (C=N–C) groups is 1. The number of aromatic nitrogens is 1. The predicted molar refractivity (Wildman–Crippen MR) is 116 cm³/mol. The molecule has 4 nitrogen and oxygen atoms in total. The van der Waals surface area contributed by atoms with Crippen LogP contribution in [-0.4, -0.2) is 26.7 Å². The van der Waals surface area contributed by atoms with Crippen LogP contribution in [0, 0.1) is 0 Å². The molecule has 1 aliphatic heterocycles. The molecule has 0 unspecified atom stereocenters. The van der Waals surface area contributed by atoms with Crippen LogP contribution in [0.4, 0.5) is 5.69 Å². The van der Waals surface area contributed by atoms with Crippen molar-refractivity contribution < 1.29 is 4.79 Å². The van der Waals surface area contributed by atoms with Gasteiger partial charge in [0, 0.05) is 10.8 Å². The molecule has 2 heterocycles. The molecule has 136 valence electrons. The Morgan fingerprint density at radius 2 is 1.46 bits per heavy atom. The number of rotatable bonds is 3. The molecule has 0 radical (unpaired) electrons. The average Bonchev–Trinajstić information content (AvgIpc) is 3.08. The minimum atomic E-state index is 0.0928. The fourth-order valence-electron chi connectivity index (χ4n) is 3.44. The maximum absolute atomic E-state index is 12.5. The van der Waals surface area contributed by atoms with Crippen molar-refractivity contribution in [1.82, 2.24) is 9.88 Å². The van der Waals surface area contributed by atoms with Gasteiger partial charge in [-0.25, -0.2) is 9.98 Å². The second-order valence-electron chi connectivity index (χ2n) is 6.64. The van der Waals surface area contributed by atoms with Crippen molar-refractivity contribution in [1.29, 1.82) is 0 Å². The first-order valence-corrected chi connectivity index (χ1v) is 10.1. The van der Waals surface area contributed by atoms with Gasteiger partial charge in [-0.3, -0.25) is 9.69 Å². The summed E-state index contributed by atoms with van der Waals surface area (Å²) in [7, 11) is 0. The second-order valence-corrected chi connectivity index (χ2v) is 7.59. The molecular formula is C23H17N3OS. The Morgan fingerprint density at radius 3 is 2.14 bits per heavy atom. The summed E-state index contributed by atoms with van der Waals surface area (Å²) < 4.78 is 0. The average molecular weight is 383 g/mol. The van der Waals surface area contributed by atoms with Crippen molar-refractivity contribution >= 4 is 50.3 Å². The Balaban J connectivity index is 1.66. The lowest BCUT2D eigenvalue weighted by Gasteiger charge is -2.17. The number of hydrogen-bond acceptors (Lipinski definition) is 4. The highest BCUT2D eigenvalue weighted by atomic mass is 32.2. The van der Waals surface area contributed by atoms with Crippen molar-refractivity contribution in [2.24, 2.45) is 4.99 Å². The first-order chi connectivity index (χ1) is 13.8. The topological polar surface area (TPSA) is 45.6 Å². The molecule has 1 fully saturated rings. The second kappa shape index (κ2) is 7.09. The predicted octanol–water partition coefficient (Wildman–Crippen LogP) is 5.15. The molecular weight excluding hydrogens is 366 g/mol. The molecule has 1 saturated heterocycles. The third-order valence-corrected chi connectivity index (χ3v) is 5.77. The maximum atomic E-state index is 12.5. The molecule has 1 aliphatic rings. The number of nitrogens with zero attached hydrogens (tertiary/aromatic N) is 3. The molecule has 4 aromatic rings. The van der Waals surface area contributed by atoms with Crippen molar-refractivity contribution in [2.45, 2.75) is 6.54 Å². The van der Waals surface area contributed by atoms with Crippen molar-refractivity contribution in [3.05, 3.63) is 84.4 Å². The molecule has 3 aromatic carbocycles. The third kappa shape index (κ3) is 3.04. The van der Waals surface area contributed by atoms with Crippen molar-refractivity contribution in [3.8, 4) is 0 Å². The van der Waals surface area contributed by atoms with E-state index < -0.39 is 0 Å². The van der Waals surface area contributed by atoms with Gasteiger partial charge in [-0.05, 0) is 17.7 Å². The molecule has 0 atom stereocenters. The molecule has 28 heavy (non-hydrogen) atoms. The zero-order valence-electron chi connectivity index (χ0n) is 15.1. The van der Waals surface area contributed by atoms with Gasteiger partial charge in [-0.2, -0.15) is 0 Å². The van der Waals surface area contributed by atoms with Crippen LogP contribution in [0.1, 0.15) is 5.56 Å². The van der Waals surface area contributed by atoms with Gasteiger partial charge in [0.1, 0.15) is 0 Å². The van der Waals surface area contributed by atoms with Gasteiger partial charge in [-0.1, -0.05) is 78.5 Å². The van der Waals surface area contributed by atoms with E-state index in [9.17, 15) is 4.79 Å². The van der Waals surface area contributed by atoms with Gasteiger partial charge < -0.3 is 0 Å². The molecule has 1 aromatic heterocycles. The summed E-state index contributed by atoms with van der Waals surface area (Å²) in [6.07, 6.45) is 0. The number of thioether (sulfide) groups is 1. The summed E-state index contributed by atoms with van der Waals surface area (Å²) in [6, 6.07) is 26.1. The number of benzene rings is 3. The molecule has 0 spiro atoms. The summed E-state index contributed by atoms with van der Waals surface area (Å²) in [4.78, 5) is 24.0. The summed E-state index contributed by atoms with van der Waals surface area (Å²) in [6.45, 7) is 0.534. The zero-order valence-corrected chi connectivity index (χ0v) is 15.9. The fraction of sp³-hybridized carbons (Fsp3) is 0.0870. The summed E-state index contributed by atoms with van der Waals surface area (Å²) >= 11 is 1.50. The molecule has 5 heteroatoms. The minimum absolute atomic E-state index is 0.0928. The monoisotopic (exact) mass is 383 g/mol. The van der Waals surface area contributed by atoms with Crippen LogP contribution in [0.3, 0.4) is 0 Å². The molecule has 5 rings (SSSR count). The first-order valence-electron chi connectivity index (χ1n) is 9.13. The molecule has 0 N–H and O–H groups in total. The van der Waals surface area contributed by atoms with E-state index in [4.69, 9.17) is 9.98 Å². The van der Waals surface area contributed by atoms with Crippen LogP contribution >= 0.6 is 11.8 Å². The van der Waals surface area contributed by atoms with E-state index in [1.165, 1.54) is 11.8 Å². The van der Waals surface area contributed by atoms with Crippen LogP contribution in [-0.2, 0) is 11.3 Å². The fourth-order valence-corrected chi connectivity index (χ4v) is 4.32. The molecule has 0 aliphatic carbocycles. The van der Waals surface area contributed by atoms with E-state index >= 15 is 0 Å². The number of pyridine rings is 1. The highest BCUT2D eigenvalue weighted by molar-refractivity contribution is 8.15. The zero-order chi connectivity index (χ0) is 18.9. The van der Waals surface area contributed by atoms with E-state index in [1.807, 2.05) is 78.9 Å². The quantitative estimate of drug-likeness (QED) is 0.460. The lowest BCUT2D eigenvalue weighted by atomic mass is 10.1. The van der Waals surface area contributed by atoms with Crippen LogP contribution in [0.15, 0.2) is 83.9 Å². The lowest BCUT2D eigenvalue weighted by molar-refractivity contribution is -0.124. The number of amidine groups is 1.